The fourth-order valence-electron chi connectivity index (χ4n) is 1.40. The Morgan fingerprint density at radius 1 is 1.24 bits per heavy atom. The van der Waals surface area contributed by atoms with Crippen molar-refractivity contribution >= 4 is 5.97 Å². The lowest BCUT2D eigenvalue weighted by Gasteiger charge is -2.17. The maximum atomic E-state index is 10.7. The smallest absolute Gasteiger partial charge is 0.322 e. The lowest BCUT2D eigenvalue weighted by atomic mass is 10.0. The van der Waals surface area contributed by atoms with Crippen molar-refractivity contribution in [1.82, 2.24) is 0 Å². The fourth-order valence-corrected chi connectivity index (χ4v) is 1.40. The zero-order valence-electron chi connectivity index (χ0n) is 9.96. The molecular weight excluding hydrogens is 220 g/mol. The zero-order chi connectivity index (χ0) is 13.0. The van der Waals surface area contributed by atoms with Crippen LogP contribution in [0.5, 0.6) is 5.75 Å². The van der Waals surface area contributed by atoms with Gasteiger partial charge < -0.3 is 21.3 Å². The molecule has 5 N–H and O–H groups in total. The normalized spacial score (nSPS) is 14.4. The van der Waals surface area contributed by atoms with E-state index in [-0.39, 0.29) is 6.10 Å². The topological polar surface area (TPSA) is 98.6 Å². The van der Waals surface area contributed by atoms with Crippen molar-refractivity contribution in [3.8, 4) is 5.75 Å². The highest BCUT2D eigenvalue weighted by Gasteiger charge is 2.21. The Kier molecular flexibility index (Phi) is 4.48. The first kappa shape index (κ1) is 13.5. The van der Waals surface area contributed by atoms with E-state index in [1.807, 2.05) is 13.8 Å². The van der Waals surface area contributed by atoms with Crippen molar-refractivity contribution in [3.63, 3.8) is 0 Å². The first-order valence-corrected chi connectivity index (χ1v) is 5.42. The van der Waals surface area contributed by atoms with Gasteiger partial charge in [-0.15, -0.1) is 0 Å². The summed E-state index contributed by atoms with van der Waals surface area (Å²) >= 11 is 0. The molecule has 0 bridgehead atoms. The van der Waals surface area contributed by atoms with Crippen LogP contribution in [0.25, 0.3) is 0 Å². The maximum absolute atomic E-state index is 10.7. The second-order valence-corrected chi connectivity index (χ2v) is 4.13. The van der Waals surface area contributed by atoms with Crippen LogP contribution >= 0.6 is 0 Å². The summed E-state index contributed by atoms with van der Waals surface area (Å²) in [5.41, 5.74) is 11.9. The summed E-state index contributed by atoms with van der Waals surface area (Å²) < 4.78 is 5.47. The highest BCUT2D eigenvalue weighted by molar-refractivity contribution is 5.74. The molecule has 0 radical (unpaired) electrons. The molecule has 0 saturated heterocycles. The first-order chi connectivity index (χ1) is 7.91. The van der Waals surface area contributed by atoms with Gasteiger partial charge in [-0.2, -0.15) is 0 Å². The van der Waals surface area contributed by atoms with Gasteiger partial charge >= 0.3 is 5.97 Å². The zero-order valence-corrected chi connectivity index (χ0v) is 9.96. The molecule has 0 saturated carbocycles. The molecule has 5 heteroatoms. The molecule has 1 rings (SSSR count). The molecule has 0 heterocycles. The molecule has 0 aliphatic rings. The number of carboxylic acids is 1. The molecule has 0 spiro atoms. The van der Waals surface area contributed by atoms with Crippen LogP contribution in [0.15, 0.2) is 24.3 Å². The summed E-state index contributed by atoms with van der Waals surface area (Å²) in [6, 6.07) is 5.14. The monoisotopic (exact) mass is 238 g/mol. The minimum atomic E-state index is -1.11. The molecule has 0 aliphatic carbocycles. The van der Waals surface area contributed by atoms with Crippen molar-refractivity contribution < 1.29 is 14.6 Å². The average Bonchev–Trinajstić information content (AvgIpc) is 2.27. The largest absolute Gasteiger partial charge is 0.491 e. The molecule has 0 amide bonds. The van der Waals surface area contributed by atoms with E-state index < -0.39 is 18.1 Å². The summed E-state index contributed by atoms with van der Waals surface area (Å²) in [6.07, 6.45) is 0.0933. The van der Waals surface area contributed by atoms with E-state index in [1.165, 1.54) is 0 Å². The van der Waals surface area contributed by atoms with E-state index in [2.05, 4.69) is 0 Å². The maximum Gasteiger partial charge on any atom is 0.322 e. The number of nitrogens with two attached hydrogens (primary N) is 2. The third-order valence-corrected chi connectivity index (χ3v) is 2.31. The second kappa shape index (κ2) is 5.65. The summed E-state index contributed by atoms with van der Waals surface area (Å²) in [7, 11) is 0. The summed E-state index contributed by atoms with van der Waals surface area (Å²) in [6.45, 7) is 3.86. The Morgan fingerprint density at radius 3 is 2.18 bits per heavy atom. The minimum absolute atomic E-state index is 0.0933. The Hall–Kier alpha value is -1.59. The van der Waals surface area contributed by atoms with Crippen LogP contribution in [-0.4, -0.2) is 23.2 Å². The van der Waals surface area contributed by atoms with E-state index in [4.69, 9.17) is 21.3 Å². The number of hydrogen-bond acceptors (Lipinski definition) is 4. The van der Waals surface area contributed by atoms with Gasteiger partial charge in [0.05, 0.1) is 12.1 Å². The van der Waals surface area contributed by atoms with Gasteiger partial charge in [-0.25, -0.2) is 0 Å². The summed E-state index contributed by atoms with van der Waals surface area (Å²) in [5, 5.41) is 8.76. The average molecular weight is 238 g/mol. The quantitative estimate of drug-likeness (QED) is 0.707. The Balaban J connectivity index is 2.76. The standard InChI is InChI=1S/C12H18N2O3/c1-7(2)17-9-5-3-8(4-6-9)10(13)11(14)12(15)16/h3-7,10-11H,13-14H2,1-2H3,(H,15,16). The number of benzene rings is 1. The molecule has 2 atom stereocenters. The minimum Gasteiger partial charge on any atom is -0.491 e. The van der Waals surface area contributed by atoms with Crippen LogP contribution < -0.4 is 16.2 Å². The third-order valence-electron chi connectivity index (χ3n) is 2.31. The molecule has 2 unspecified atom stereocenters. The van der Waals surface area contributed by atoms with Crippen molar-refractivity contribution in [2.75, 3.05) is 0 Å². The number of hydrogen-bond donors (Lipinski definition) is 3. The van der Waals surface area contributed by atoms with Crippen LogP contribution in [0, 0.1) is 0 Å². The molecule has 94 valence electrons. The van der Waals surface area contributed by atoms with E-state index in [9.17, 15) is 4.79 Å². The number of rotatable bonds is 5. The van der Waals surface area contributed by atoms with Gasteiger partial charge in [0.1, 0.15) is 11.8 Å². The molecule has 1 aromatic carbocycles. The van der Waals surface area contributed by atoms with Crippen LogP contribution in [0.1, 0.15) is 25.5 Å². The van der Waals surface area contributed by atoms with Gasteiger partial charge in [-0.05, 0) is 31.5 Å². The van der Waals surface area contributed by atoms with Crippen LogP contribution in [0.3, 0.4) is 0 Å². The second-order valence-electron chi connectivity index (χ2n) is 4.13. The SMILES string of the molecule is CC(C)Oc1ccc(C(N)C(N)C(=O)O)cc1. The number of aliphatic carboxylic acids is 1. The molecule has 0 aliphatic heterocycles. The van der Waals surface area contributed by atoms with Crippen LogP contribution in [0.4, 0.5) is 0 Å². The molecule has 17 heavy (non-hydrogen) atoms. The molecular formula is C12H18N2O3. The van der Waals surface area contributed by atoms with Gasteiger partial charge in [0.2, 0.25) is 0 Å². The van der Waals surface area contributed by atoms with Crippen molar-refractivity contribution in [2.24, 2.45) is 11.5 Å². The fraction of sp³-hybridized carbons (Fsp3) is 0.417. The van der Waals surface area contributed by atoms with E-state index in [1.54, 1.807) is 24.3 Å². The van der Waals surface area contributed by atoms with Crippen LogP contribution in [-0.2, 0) is 4.79 Å². The Bertz CT molecular complexity index is 376. The highest BCUT2D eigenvalue weighted by atomic mass is 16.5. The predicted molar refractivity (Wildman–Crippen MR) is 64.7 cm³/mol. The number of carbonyl (C=O) groups is 1. The molecule has 0 aromatic heterocycles. The van der Waals surface area contributed by atoms with E-state index in [0.29, 0.717) is 5.56 Å². The van der Waals surface area contributed by atoms with E-state index >= 15 is 0 Å². The lowest BCUT2D eigenvalue weighted by molar-refractivity contribution is -0.139. The molecule has 1 aromatic rings. The third kappa shape index (κ3) is 3.72. The first-order valence-electron chi connectivity index (χ1n) is 5.42. The van der Waals surface area contributed by atoms with Gasteiger partial charge in [-0.1, -0.05) is 12.1 Å². The van der Waals surface area contributed by atoms with Crippen LogP contribution in [0.2, 0.25) is 0 Å². The highest BCUT2D eigenvalue weighted by Crippen LogP contribution is 2.19. The Morgan fingerprint density at radius 2 is 1.76 bits per heavy atom. The van der Waals surface area contributed by atoms with Gasteiger partial charge in [0.15, 0.2) is 0 Å². The van der Waals surface area contributed by atoms with E-state index in [0.717, 1.165) is 5.75 Å². The van der Waals surface area contributed by atoms with Crippen molar-refractivity contribution in [3.05, 3.63) is 29.8 Å². The summed E-state index contributed by atoms with van der Waals surface area (Å²) in [4.78, 5) is 10.7. The lowest BCUT2D eigenvalue weighted by Crippen LogP contribution is -2.40. The molecule has 5 nitrogen and oxygen atoms in total. The predicted octanol–water partition coefficient (Wildman–Crippen LogP) is 0.886. The van der Waals surface area contributed by atoms with Gasteiger partial charge in [0.25, 0.3) is 0 Å². The summed E-state index contributed by atoms with van der Waals surface area (Å²) in [5.74, 6) is -0.389. The van der Waals surface area contributed by atoms with Crippen molar-refractivity contribution in [1.29, 1.82) is 0 Å². The van der Waals surface area contributed by atoms with Crippen molar-refractivity contribution in [2.45, 2.75) is 32.0 Å². The Labute approximate surface area is 100 Å². The molecule has 0 fully saturated rings. The number of carboxylic acid groups (broad SMARTS) is 1. The van der Waals surface area contributed by atoms with Gasteiger partial charge in [0, 0.05) is 0 Å². The van der Waals surface area contributed by atoms with Gasteiger partial charge in [-0.3, -0.25) is 4.79 Å². The number of ether oxygens (including phenoxy) is 1.